The number of morpholine rings is 1. The van der Waals surface area contributed by atoms with Crippen molar-refractivity contribution in [2.45, 2.75) is 25.1 Å². The van der Waals surface area contributed by atoms with Gasteiger partial charge in [0.2, 0.25) is 5.91 Å². The Balaban J connectivity index is 1.81. The van der Waals surface area contributed by atoms with E-state index in [2.05, 4.69) is 15.3 Å². The second-order valence-electron chi connectivity index (χ2n) is 5.26. The van der Waals surface area contributed by atoms with Crippen molar-refractivity contribution in [2.75, 3.05) is 32.8 Å². The number of halogens is 3. The predicted octanol–water partition coefficient (Wildman–Crippen LogP) is 0.788. The second kappa shape index (κ2) is 8.21. The number of hydrogen-bond acceptors (Lipinski definition) is 5. The average Bonchev–Trinajstić information content (AvgIpc) is 2.54. The zero-order valence-corrected chi connectivity index (χ0v) is 12.6. The smallest absolute Gasteiger partial charge is 0.379 e. The van der Waals surface area contributed by atoms with Gasteiger partial charge in [0.05, 0.1) is 13.2 Å². The van der Waals surface area contributed by atoms with Crippen LogP contribution in [-0.2, 0) is 16.0 Å². The van der Waals surface area contributed by atoms with Gasteiger partial charge in [-0.1, -0.05) is 0 Å². The summed E-state index contributed by atoms with van der Waals surface area (Å²) in [6.07, 6.45) is 0.624. The molecule has 23 heavy (non-hydrogen) atoms. The van der Waals surface area contributed by atoms with Crippen LogP contribution < -0.4 is 5.32 Å². The number of hydrogen-bond donors (Lipinski definition) is 1. The van der Waals surface area contributed by atoms with E-state index < -0.39 is 24.7 Å². The van der Waals surface area contributed by atoms with E-state index >= 15 is 0 Å². The monoisotopic (exact) mass is 332 g/mol. The molecule has 0 spiro atoms. The van der Waals surface area contributed by atoms with E-state index in [-0.39, 0.29) is 32.7 Å². The third kappa shape index (κ3) is 5.76. The summed E-state index contributed by atoms with van der Waals surface area (Å²) in [6.45, 7) is 0.513. The summed E-state index contributed by atoms with van der Waals surface area (Å²) < 4.78 is 44.5. The van der Waals surface area contributed by atoms with Crippen LogP contribution in [0.3, 0.4) is 0 Å². The van der Waals surface area contributed by atoms with Crippen LogP contribution in [0.25, 0.3) is 0 Å². The molecule has 0 radical (unpaired) electrons. The van der Waals surface area contributed by atoms with Gasteiger partial charge < -0.3 is 10.1 Å². The summed E-state index contributed by atoms with van der Waals surface area (Å²) in [5, 5.41) is 2.37. The zero-order valence-electron chi connectivity index (χ0n) is 12.6. The summed E-state index contributed by atoms with van der Waals surface area (Å²) >= 11 is 0. The quantitative estimate of drug-likeness (QED) is 0.834. The Morgan fingerprint density at radius 1 is 1.30 bits per heavy atom. The number of ether oxygens (including phenoxy) is 1. The third-order valence-corrected chi connectivity index (χ3v) is 3.61. The highest BCUT2D eigenvalue weighted by Gasteiger charge is 2.43. The SMILES string of the molecule is O=C(CCc1cncnc1)NCC(N1CCOCC1)C(F)(F)F. The summed E-state index contributed by atoms with van der Waals surface area (Å²) in [4.78, 5) is 20.7. The number of aryl methyl sites for hydroxylation is 1. The van der Waals surface area contributed by atoms with Crippen molar-refractivity contribution in [1.82, 2.24) is 20.2 Å². The van der Waals surface area contributed by atoms with Crippen LogP contribution in [0.5, 0.6) is 0 Å². The third-order valence-electron chi connectivity index (χ3n) is 3.61. The van der Waals surface area contributed by atoms with E-state index in [4.69, 9.17) is 4.74 Å². The molecule has 0 saturated carbocycles. The predicted molar refractivity (Wildman–Crippen MR) is 75.6 cm³/mol. The lowest BCUT2D eigenvalue weighted by atomic mass is 10.1. The highest BCUT2D eigenvalue weighted by molar-refractivity contribution is 5.76. The number of alkyl halides is 3. The topological polar surface area (TPSA) is 67.4 Å². The van der Waals surface area contributed by atoms with Crippen LogP contribution in [0.2, 0.25) is 0 Å². The summed E-state index contributed by atoms with van der Waals surface area (Å²) in [7, 11) is 0. The molecule has 1 aromatic heterocycles. The minimum Gasteiger partial charge on any atom is -0.379 e. The first-order valence-corrected chi connectivity index (χ1v) is 7.36. The van der Waals surface area contributed by atoms with Crippen molar-refractivity contribution in [3.05, 3.63) is 24.3 Å². The van der Waals surface area contributed by atoms with Gasteiger partial charge in [0, 0.05) is 38.4 Å². The minimum absolute atomic E-state index is 0.0983. The fraction of sp³-hybridized carbons (Fsp3) is 0.643. The van der Waals surface area contributed by atoms with Gasteiger partial charge in [0.15, 0.2) is 0 Å². The van der Waals surface area contributed by atoms with E-state index in [1.807, 2.05) is 0 Å². The van der Waals surface area contributed by atoms with E-state index in [1.54, 1.807) is 12.4 Å². The van der Waals surface area contributed by atoms with Crippen molar-refractivity contribution in [2.24, 2.45) is 0 Å². The Morgan fingerprint density at radius 3 is 2.57 bits per heavy atom. The number of carbonyl (C=O) groups excluding carboxylic acids is 1. The van der Waals surface area contributed by atoms with Crippen molar-refractivity contribution in [3.63, 3.8) is 0 Å². The molecule has 1 N–H and O–H groups in total. The van der Waals surface area contributed by atoms with Gasteiger partial charge in [-0.05, 0) is 12.0 Å². The molecule has 0 aliphatic carbocycles. The average molecular weight is 332 g/mol. The van der Waals surface area contributed by atoms with E-state index in [0.29, 0.717) is 6.42 Å². The Bertz CT molecular complexity index is 493. The lowest BCUT2D eigenvalue weighted by Crippen LogP contribution is -2.55. The molecule has 1 aromatic rings. The number of rotatable bonds is 6. The molecule has 0 aromatic carbocycles. The molecule has 0 bridgehead atoms. The van der Waals surface area contributed by atoms with Gasteiger partial charge in [-0.3, -0.25) is 9.69 Å². The zero-order chi connectivity index (χ0) is 16.7. The molecular formula is C14H19F3N4O2. The van der Waals surface area contributed by atoms with Gasteiger partial charge in [0.1, 0.15) is 12.4 Å². The molecule has 1 amide bonds. The highest BCUT2D eigenvalue weighted by Crippen LogP contribution is 2.25. The van der Waals surface area contributed by atoms with Crippen LogP contribution in [-0.4, -0.2) is 65.8 Å². The van der Waals surface area contributed by atoms with E-state index in [1.165, 1.54) is 11.2 Å². The summed E-state index contributed by atoms with van der Waals surface area (Å²) in [6, 6.07) is -1.68. The minimum atomic E-state index is -4.39. The van der Waals surface area contributed by atoms with E-state index in [9.17, 15) is 18.0 Å². The van der Waals surface area contributed by atoms with Crippen LogP contribution in [0.15, 0.2) is 18.7 Å². The number of amides is 1. The number of aromatic nitrogens is 2. The lowest BCUT2D eigenvalue weighted by molar-refractivity contribution is -0.190. The number of nitrogens with zero attached hydrogens (tertiary/aromatic N) is 3. The van der Waals surface area contributed by atoms with Gasteiger partial charge in [-0.25, -0.2) is 9.97 Å². The Morgan fingerprint density at radius 2 is 1.96 bits per heavy atom. The Hall–Kier alpha value is -1.74. The molecule has 6 nitrogen and oxygen atoms in total. The van der Waals surface area contributed by atoms with Crippen molar-refractivity contribution >= 4 is 5.91 Å². The van der Waals surface area contributed by atoms with Gasteiger partial charge in [-0.15, -0.1) is 0 Å². The first-order valence-electron chi connectivity index (χ1n) is 7.36. The molecule has 1 fully saturated rings. The molecule has 1 aliphatic heterocycles. The van der Waals surface area contributed by atoms with Gasteiger partial charge in [0.25, 0.3) is 0 Å². The summed E-state index contributed by atoms with van der Waals surface area (Å²) in [5.41, 5.74) is 0.767. The normalized spacial score (nSPS) is 17.7. The Kier molecular flexibility index (Phi) is 6.28. The molecule has 1 unspecified atom stereocenters. The van der Waals surface area contributed by atoms with Gasteiger partial charge in [-0.2, -0.15) is 13.2 Å². The van der Waals surface area contributed by atoms with E-state index in [0.717, 1.165) is 5.56 Å². The maximum absolute atomic E-state index is 13.2. The Labute approximate surface area is 132 Å². The first-order chi connectivity index (χ1) is 11.0. The molecule has 1 aliphatic rings. The van der Waals surface area contributed by atoms with Crippen LogP contribution in [0, 0.1) is 0 Å². The van der Waals surface area contributed by atoms with Crippen LogP contribution in [0.4, 0.5) is 13.2 Å². The van der Waals surface area contributed by atoms with Crippen molar-refractivity contribution < 1.29 is 22.7 Å². The maximum Gasteiger partial charge on any atom is 0.405 e. The standard InChI is InChI=1S/C14H19F3N4O2/c15-14(16,17)12(21-3-5-23-6-4-21)9-20-13(22)2-1-11-7-18-10-19-8-11/h7-8,10,12H,1-6,9H2,(H,20,22). The largest absolute Gasteiger partial charge is 0.405 e. The molecule has 2 rings (SSSR count). The van der Waals surface area contributed by atoms with Crippen molar-refractivity contribution in [3.8, 4) is 0 Å². The van der Waals surface area contributed by atoms with Crippen molar-refractivity contribution in [1.29, 1.82) is 0 Å². The molecular weight excluding hydrogens is 313 g/mol. The molecule has 2 heterocycles. The van der Waals surface area contributed by atoms with Crippen LogP contribution >= 0.6 is 0 Å². The number of nitrogens with one attached hydrogen (secondary N) is 1. The fourth-order valence-electron chi connectivity index (χ4n) is 2.36. The highest BCUT2D eigenvalue weighted by atomic mass is 19.4. The lowest BCUT2D eigenvalue weighted by Gasteiger charge is -2.35. The van der Waals surface area contributed by atoms with Crippen LogP contribution in [0.1, 0.15) is 12.0 Å². The summed E-state index contributed by atoms with van der Waals surface area (Å²) in [5.74, 6) is -0.420. The number of carbonyl (C=O) groups is 1. The fourth-order valence-corrected chi connectivity index (χ4v) is 2.36. The molecule has 128 valence electrons. The van der Waals surface area contributed by atoms with Gasteiger partial charge >= 0.3 is 6.18 Å². The first kappa shape index (κ1) is 17.6. The molecule has 1 saturated heterocycles. The molecule has 1 atom stereocenters. The maximum atomic E-state index is 13.2. The molecule has 9 heteroatoms. The second-order valence-corrected chi connectivity index (χ2v) is 5.26.